The minimum atomic E-state index is -2.54. The van der Waals surface area contributed by atoms with Gasteiger partial charge in [-0.3, -0.25) is 4.57 Å². The molecule has 0 radical (unpaired) electrons. The van der Waals surface area contributed by atoms with Crippen molar-refractivity contribution >= 4 is 7.37 Å². The van der Waals surface area contributed by atoms with Crippen LogP contribution in [0.15, 0.2) is 30.3 Å². The van der Waals surface area contributed by atoms with Gasteiger partial charge in [0, 0.05) is 12.3 Å². The maximum atomic E-state index is 12.5. The van der Waals surface area contributed by atoms with Gasteiger partial charge < -0.3 is 10.3 Å². The van der Waals surface area contributed by atoms with Gasteiger partial charge in [-0.15, -0.1) is 0 Å². The van der Waals surface area contributed by atoms with Crippen molar-refractivity contribution in [2.24, 2.45) is 5.73 Å². The van der Waals surface area contributed by atoms with Crippen LogP contribution in [0.5, 0.6) is 0 Å². The van der Waals surface area contributed by atoms with E-state index in [-0.39, 0.29) is 0 Å². The molecule has 90 valence electrons. The minimum Gasteiger partial charge on any atom is -0.330 e. The van der Waals surface area contributed by atoms with Crippen LogP contribution >= 0.6 is 7.37 Å². The van der Waals surface area contributed by atoms with Crippen molar-refractivity contribution < 1.29 is 9.09 Å². The average molecular weight is 241 g/mol. The molecule has 0 saturated carbocycles. The van der Waals surface area contributed by atoms with Crippen molar-refractivity contribution in [3.05, 3.63) is 35.9 Å². The van der Waals surface area contributed by atoms with E-state index in [1.807, 2.05) is 37.3 Å². The van der Waals surface area contributed by atoms with Gasteiger partial charge in [0.2, 0.25) is 7.37 Å². The van der Waals surface area contributed by atoms with E-state index in [4.69, 9.17) is 10.3 Å². The molecule has 0 bridgehead atoms. The fraction of sp³-hybridized carbons (Fsp3) is 0.500. The second-order valence-corrected chi connectivity index (χ2v) is 6.39. The van der Waals surface area contributed by atoms with E-state index in [1.54, 1.807) is 0 Å². The lowest BCUT2D eigenvalue weighted by Crippen LogP contribution is -2.05. The van der Waals surface area contributed by atoms with E-state index < -0.39 is 7.37 Å². The third-order valence-corrected chi connectivity index (χ3v) is 4.91. The van der Waals surface area contributed by atoms with Gasteiger partial charge in [-0.2, -0.15) is 0 Å². The molecule has 1 rings (SSSR count). The molecule has 1 aromatic rings. The summed E-state index contributed by atoms with van der Waals surface area (Å²) in [6, 6.07) is 9.82. The molecular formula is C12H20NO2P. The minimum absolute atomic E-state index is 0.495. The van der Waals surface area contributed by atoms with Crippen LogP contribution in [-0.2, 0) is 15.3 Å². The fourth-order valence-corrected chi connectivity index (χ4v) is 3.90. The average Bonchev–Trinajstić information content (AvgIpc) is 2.28. The highest BCUT2D eigenvalue weighted by Gasteiger charge is 2.22. The molecule has 0 aliphatic heterocycles. The van der Waals surface area contributed by atoms with Crippen molar-refractivity contribution in [2.45, 2.75) is 19.5 Å². The molecule has 4 heteroatoms. The SMILES string of the molecule is CCOP(=O)(CCCN)Cc1ccccc1. The smallest absolute Gasteiger partial charge is 0.207 e. The van der Waals surface area contributed by atoms with Crippen LogP contribution in [0.3, 0.4) is 0 Å². The summed E-state index contributed by atoms with van der Waals surface area (Å²) in [5.74, 6) is 0. The number of rotatable bonds is 7. The summed E-state index contributed by atoms with van der Waals surface area (Å²) in [5.41, 5.74) is 6.51. The molecular weight excluding hydrogens is 221 g/mol. The van der Waals surface area contributed by atoms with Gasteiger partial charge in [0.25, 0.3) is 0 Å². The highest BCUT2D eigenvalue weighted by atomic mass is 31.2. The van der Waals surface area contributed by atoms with Gasteiger partial charge in [0.1, 0.15) is 0 Å². The number of benzene rings is 1. The quantitative estimate of drug-likeness (QED) is 0.747. The zero-order chi connectivity index (χ0) is 11.9. The Labute approximate surface area is 97.5 Å². The molecule has 0 amide bonds. The Morgan fingerprint density at radius 2 is 2.00 bits per heavy atom. The van der Waals surface area contributed by atoms with Crippen molar-refractivity contribution in [3.63, 3.8) is 0 Å². The van der Waals surface area contributed by atoms with Crippen LogP contribution in [0.4, 0.5) is 0 Å². The lowest BCUT2D eigenvalue weighted by atomic mass is 10.2. The van der Waals surface area contributed by atoms with Gasteiger partial charge in [-0.05, 0) is 25.5 Å². The predicted octanol–water partition coefficient (Wildman–Crippen LogP) is 2.85. The summed E-state index contributed by atoms with van der Waals surface area (Å²) in [7, 11) is -2.54. The molecule has 16 heavy (non-hydrogen) atoms. The van der Waals surface area contributed by atoms with E-state index in [0.29, 0.717) is 25.5 Å². The molecule has 0 aliphatic carbocycles. The highest BCUT2D eigenvalue weighted by molar-refractivity contribution is 7.58. The van der Waals surface area contributed by atoms with Gasteiger partial charge in [0.15, 0.2) is 0 Å². The molecule has 0 saturated heterocycles. The van der Waals surface area contributed by atoms with Crippen molar-refractivity contribution in [1.82, 2.24) is 0 Å². The molecule has 0 fully saturated rings. The molecule has 0 aliphatic rings. The largest absolute Gasteiger partial charge is 0.330 e. The van der Waals surface area contributed by atoms with E-state index in [9.17, 15) is 4.57 Å². The first-order valence-electron chi connectivity index (χ1n) is 5.67. The van der Waals surface area contributed by atoms with E-state index in [0.717, 1.165) is 12.0 Å². The van der Waals surface area contributed by atoms with Crippen LogP contribution in [0.1, 0.15) is 18.9 Å². The van der Waals surface area contributed by atoms with Crippen LogP contribution in [0.2, 0.25) is 0 Å². The summed E-state index contributed by atoms with van der Waals surface area (Å²) in [6.07, 6.45) is 1.85. The third kappa shape index (κ3) is 4.48. The van der Waals surface area contributed by atoms with E-state index in [2.05, 4.69) is 0 Å². The monoisotopic (exact) mass is 241 g/mol. The Bertz CT molecular complexity index is 340. The highest BCUT2D eigenvalue weighted by Crippen LogP contribution is 2.50. The number of hydrogen-bond donors (Lipinski definition) is 1. The van der Waals surface area contributed by atoms with Gasteiger partial charge in [-0.1, -0.05) is 30.3 Å². The predicted molar refractivity (Wildman–Crippen MR) is 67.9 cm³/mol. The Kier molecular flexibility index (Phi) is 5.75. The first-order valence-corrected chi connectivity index (χ1v) is 7.66. The summed E-state index contributed by atoms with van der Waals surface area (Å²) >= 11 is 0. The molecule has 1 aromatic carbocycles. The van der Waals surface area contributed by atoms with Gasteiger partial charge in [0.05, 0.1) is 6.61 Å². The molecule has 2 N–H and O–H groups in total. The Hall–Kier alpha value is -0.630. The standard InChI is InChI=1S/C12H20NO2P/c1-2-15-16(14,10-6-9-13)11-12-7-4-3-5-8-12/h3-5,7-8H,2,6,9-11,13H2,1H3. The summed E-state index contributed by atoms with van der Waals surface area (Å²) in [5, 5.41) is 0. The maximum absolute atomic E-state index is 12.5. The third-order valence-electron chi connectivity index (χ3n) is 2.33. The molecule has 0 heterocycles. The van der Waals surface area contributed by atoms with Gasteiger partial charge in [-0.25, -0.2) is 0 Å². The molecule has 0 aromatic heterocycles. The Morgan fingerprint density at radius 1 is 1.31 bits per heavy atom. The lowest BCUT2D eigenvalue weighted by molar-refractivity contribution is 0.331. The second-order valence-electron chi connectivity index (χ2n) is 3.74. The Morgan fingerprint density at radius 3 is 2.56 bits per heavy atom. The van der Waals surface area contributed by atoms with E-state index >= 15 is 0 Å². The first kappa shape index (κ1) is 13.4. The summed E-state index contributed by atoms with van der Waals surface area (Å²) < 4.78 is 17.9. The normalized spacial score (nSPS) is 14.6. The zero-order valence-corrected chi connectivity index (χ0v) is 10.7. The van der Waals surface area contributed by atoms with Gasteiger partial charge >= 0.3 is 0 Å². The van der Waals surface area contributed by atoms with Crippen LogP contribution in [0.25, 0.3) is 0 Å². The van der Waals surface area contributed by atoms with Crippen molar-refractivity contribution in [1.29, 1.82) is 0 Å². The first-order chi connectivity index (χ1) is 7.70. The van der Waals surface area contributed by atoms with Crippen LogP contribution in [-0.4, -0.2) is 19.3 Å². The fourth-order valence-electron chi connectivity index (χ4n) is 1.62. The second kappa shape index (κ2) is 6.85. The van der Waals surface area contributed by atoms with Crippen LogP contribution < -0.4 is 5.73 Å². The lowest BCUT2D eigenvalue weighted by Gasteiger charge is -2.17. The topological polar surface area (TPSA) is 52.3 Å². The van der Waals surface area contributed by atoms with Crippen molar-refractivity contribution in [2.75, 3.05) is 19.3 Å². The summed E-state index contributed by atoms with van der Waals surface area (Å²) in [6.45, 7) is 2.93. The zero-order valence-electron chi connectivity index (χ0n) is 9.76. The molecule has 1 atom stereocenters. The summed E-state index contributed by atoms with van der Waals surface area (Å²) in [4.78, 5) is 0. The molecule has 0 spiro atoms. The van der Waals surface area contributed by atoms with Crippen LogP contribution in [0, 0.1) is 0 Å². The number of nitrogens with two attached hydrogens (primary N) is 1. The number of hydrogen-bond acceptors (Lipinski definition) is 3. The molecule has 3 nitrogen and oxygen atoms in total. The maximum Gasteiger partial charge on any atom is 0.207 e. The van der Waals surface area contributed by atoms with Crippen molar-refractivity contribution in [3.8, 4) is 0 Å². The van der Waals surface area contributed by atoms with E-state index in [1.165, 1.54) is 0 Å². The Balaban J connectivity index is 2.67. The molecule has 1 unspecified atom stereocenters.